The van der Waals surface area contributed by atoms with Gasteiger partial charge in [-0.25, -0.2) is 4.79 Å². The van der Waals surface area contributed by atoms with Gasteiger partial charge in [0.25, 0.3) is 11.6 Å². The second kappa shape index (κ2) is 10.3. The van der Waals surface area contributed by atoms with Crippen LogP contribution >= 0.6 is 0 Å². The van der Waals surface area contributed by atoms with Gasteiger partial charge < -0.3 is 10.1 Å². The number of carbonyl (C=O) groups is 2. The number of nitrogens with zero attached hydrogens (tertiary/aromatic N) is 2. The lowest BCUT2D eigenvalue weighted by Crippen LogP contribution is -2.26. The Morgan fingerprint density at radius 1 is 1.07 bits per heavy atom. The van der Waals surface area contributed by atoms with E-state index in [1.165, 1.54) is 13.2 Å². The van der Waals surface area contributed by atoms with Gasteiger partial charge in [0.15, 0.2) is 0 Å². The Hall–Kier alpha value is -3.26. The SMILES string of the molecule is CCN(CC)Cc1ccccc1CNC(=O)c1cc(C(=O)OC)cc([N+](=O)[O-])c1. The summed E-state index contributed by atoms with van der Waals surface area (Å²) in [6.07, 6.45) is 0. The minimum Gasteiger partial charge on any atom is -0.465 e. The molecule has 0 aliphatic rings. The van der Waals surface area contributed by atoms with E-state index >= 15 is 0 Å². The fourth-order valence-electron chi connectivity index (χ4n) is 2.93. The smallest absolute Gasteiger partial charge is 0.338 e. The van der Waals surface area contributed by atoms with Crippen LogP contribution in [0.1, 0.15) is 45.7 Å². The van der Waals surface area contributed by atoms with E-state index in [0.29, 0.717) is 0 Å². The second-order valence-electron chi connectivity index (χ2n) is 6.43. The highest BCUT2D eigenvalue weighted by molar-refractivity contribution is 5.98. The van der Waals surface area contributed by atoms with Crippen molar-refractivity contribution in [3.63, 3.8) is 0 Å². The van der Waals surface area contributed by atoms with Crippen LogP contribution in [-0.2, 0) is 17.8 Å². The highest BCUT2D eigenvalue weighted by Gasteiger charge is 2.18. The van der Waals surface area contributed by atoms with Crippen LogP contribution in [0.3, 0.4) is 0 Å². The van der Waals surface area contributed by atoms with Crippen molar-refractivity contribution in [2.75, 3.05) is 20.2 Å². The number of nitrogens with one attached hydrogen (secondary N) is 1. The third kappa shape index (κ3) is 5.86. The normalized spacial score (nSPS) is 10.6. The van der Waals surface area contributed by atoms with Gasteiger partial charge in [-0.1, -0.05) is 38.1 Å². The molecule has 0 atom stereocenters. The lowest BCUT2D eigenvalue weighted by molar-refractivity contribution is -0.384. The molecule has 0 radical (unpaired) electrons. The zero-order chi connectivity index (χ0) is 21.4. The molecular weight excluding hydrogens is 374 g/mol. The monoisotopic (exact) mass is 399 g/mol. The lowest BCUT2D eigenvalue weighted by atomic mass is 10.1. The number of methoxy groups -OCH3 is 1. The number of hydrogen-bond donors (Lipinski definition) is 1. The third-order valence-electron chi connectivity index (χ3n) is 4.66. The van der Waals surface area contributed by atoms with E-state index in [4.69, 9.17) is 0 Å². The Bertz CT molecular complexity index is 894. The average molecular weight is 399 g/mol. The van der Waals surface area contributed by atoms with E-state index in [1.807, 2.05) is 24.3 Å². The van der Waals surface area contributed by atoms with Crippen molar-refractivity contribution >= 4 is 17.6 Å². The van der Waals surface area contributed by atoms with Crippen molar-refractivity contribution in [2.24, 2.45) is 0 Å². The maximum absolute atomic E-state index is 12.6. The first-order valence-corrected chi connectivity index (χ1v) is 9.34. The summed E-state index contributed by atoms with van der Waals surface area (Å²) in [4.78, 5) is 37.1. The standard InChI is InChI=1S/C21H25N3O5/c1-4-23(5-2)14-16-9-7-6-8-15(16)13-22-20(25)17-10-18(21(26)29-3)12-19(11-17)24(27)28/h6-12H,4-5,13-14H2,1-3H3,(H,22,25). The van der Waals surface area contributed by atoms with E-state index in [-0.39, 0.29) is 23.4 Å². The zero-order valence-electron chi connectivity index (χ0n) is 16.8. The Morgan fingerprint density at radius 2 is 1.69 bits per heavy atom. The fourth-order valence-corrected chi connectivity index (χ4v) is 2.93. The number of nitro benzene ring substituents is 1. The van der Waals surface area contributed by atoms with Crippen molar-refractivity contribution in [3.8, 4) is 0 Å². The summed E-state index contributed by atoms with van der Waals surface area (Å²) in [5.74, 6) is -1.25. The molecule has 1 amide bonds. The molecule has 154 valence electrons. The molecule has 0 saturated heterocycles. The first kappa shape index (κ1) is 22.0. The van der Waals surface area contributed by atoms with Gasteiger partial charge in [-0.15, -0.1) is 0 Å². The fraction of sp³-hybridized carbons (Fsp3) is 0.333. The summed E-state index contributed by atoms with van der Waals surface area (Å²) in [7, 11) is 1.17. The van der Waals surface area contributed by atoms with Crippen LogP contribution in [-0.4, -0.2) is 41.9 Å². The molecule has 0 aromatic heterocycles. The van der Waals surface area contributed by atoms with Gasteiger partial charge in [0.1, 0.15) is 0 Å². The largest absolute Gasteiger partial charge is 0.465 e. The van der Waals surface area contributed by atoms with Crippen molar-refractivity contribution in [2.45, 2.75) is 26.9 Å². The van der Waals surface area contributed by atoms with Crippen molar-refractivity contribution in [1.29, 1.82) is 0 Å². The number of amides is 1. The van der Waals surface area contributed by atoms with Crippen molar-refractivity contribution in [3.05, 3.63) is 74.8 Å². The number of esters is 1. The summed E-state index contributed by atoms with van der Waals surface area (Å²) in [5, 5.41) is 13.9. The van der Waals surface area contributed by atoms with Gasteiger partial charge >= 0.3 is 5.97 Å². The summed E-state index contributed by atoms with van der Waals surface area (Å²) in [6, 6.07) is 11.3. The molecule has 29 heavy (non-hydrogen) atoms. The summed E-state index contributed by atoms with van der Waals surface area (Å²) in [6.45, 7) is 7.06. The molecule has 8 heteroatoms. The highest BCUT2D eigenvalue weighted by atomic mass is 16.6. The summed E-state index contributed by atoms with van der Waals surface area (Å²) >= 11 is 0. The van der Waals surface area contributed by atoms with E-state index in [1.54, 1.807) is 0 Å². The number of ether oxygens (including phenoxy) is 1. The number of hydrogen-bond acceptors (Lipinski definition) is 6. The Kier molecular flexibility index (Phi) is 7.85. The molecule has 2 aromatic rings. The molecule has 0 fully saturated rings. The predicted octanol–water partition coefficient (Wildman–Crippen LogP) is 3.15. The van der Waals surface area contributed by atoms with Gasteiger partial charge in [-0.2, -0.15) is 0 Å². The van der Waals surface area contributed by atoms with Gasteiger partial charge in [0, 0.05) is 30.8 Å². The second-order valence-corrected chi connectivity index (χ2v) is 6.43. The molecule has 0 aliphatic carbocycles. The molecular formula is C21H25N3O5. The molecule has 0 heterocycles. The minimum atomic E-state index is -0.743. The average Bonchev–Trinajstić information content (AvgIpc) is 2.75. The lowest BCUT2D eigenvalue weighted by Gasteiger charge is -2.20. The van der Waals surface area contributed by atoms with Crippen LogP contribution in [0.15, 0.2) is 42.5 Å². The number of rotatable bonds is 9. The van der Waals surface area contributed by atoms with Crippen LogP contribution in [0.5, 0.6) is 0 Å². The minimum absolute atomic E-state index is 0.0285. The number of non-ortho nitro benzene ring substituents is 1. The van der Waals surface area contributed by atoms with Crippen LogP contribution in [0.4, 0.5) is 5.69 Å². The van der Waals surface area contributed by atoms with E-state index < -0.39 is 16.8 Å². The van der Waals surface area contributed by atoms with E-state index in [2.05, 4.69) is 28.8 Å². The van der Waals surface area contributed by atoms with Gasteiger partial charge in [0.05, 0.1) is 17.6 Å². The van der Waals surface area contributed by atoms with Crippen LogP contribution in [0, 0.1) is 10.1 Å². The molecule has 1 N–H and O–H groups in total. The van der Waals surface area contributed by atoms with E-state index in [0.717, 1.165) is 42.9 Å². The number of carbonyl (C=O) groups excluding carboxylic acids is 2. The van der Waals surface area contributed by atoms with Crippen LogP contribution in [0.25, 0.3) is 0 Å². The molecule has 2 aromatic carbocycles. The zero-order valence-corrected chi connectivity index (χ0v) is 16.8. The van der Waals surface area contributed by atoms with Crippen molar-refractivity contribution in [1.82, 2.24) is 10.2 Å². The van der Waals surface area contributed by atoms with Gasteiger partial charge in [0.2, 0.25) is 0 Å². The topological polar surface area (TPSA) is 102 Å². The maximum atomic E-state index is 12.6. The summed E-state index contributed by atoms with van der Waals surface area (Å²) < 4.78 is 4.61. The Labute approximate surface area is 169 Å². The molecule has 2 rings (SSSR count). The molecule has 0 saturated carbocycles. The third-order valence-corrected chi connectivity index (χ3v) is 4.66. The van der Waals surface area contributed by atoms with Gasteiger partial charge in [-0.3, -0.25) is 19.8 Å². The molecule has 0 unspecified atom stereocenters. The number of nitro groups is 1. The quantitative estimate of drug-likeness (QED) is 0.395. The molecule has 8 nitrogen and oxygen atoms in total. The Morgan fingerprint density at radius 3 is 2.28 bits per heavy atom. The molecule has 0 spiro atoms. The molecule has 0 bridgehead atoms. The molecule has 0 aliphatic heterocycles. The predicted molar refractivity (Wildman–Crippen MR) is 109 cm³/mol. The maximum Gasteiger partial charge on any atom is 0.338 e. The van der Waals surface area contributed by atoms with Crippen LogP contribution < -0.4 is 5.32 Å². The first-order valence-electron chi connectivity index (χ1n) is 9.34. The highest BCUT2D eigenvalue weighted by Crippen LogP contribution is 2.19. The first-order chi connectivity index (χ1) is 13.9. The Balaban J connectivity index is 2.20. The van der Waals surface area contributed by atoms with Crippen LogP contribution in [0.2, 0.25) is 0 Å². The van der Waals surface area contributed by atoms with Crippen molar-refractivity contribution < 1.29 is 19.2 Å². The summed E-state index contributed by atoms with van der Waals surface area (Å²) in [5.41, 5.74) is 1.70. The van der Waals surface area contributed by atoms with Gasteiger partial charge in [-0.05, 0) is 30.3 Å². The van der Waals surface area contributed by atoms with E-state index in [9.17, 15) is 19.7 Å². The number of benzene rings is 2.